The summed E-state index contributed by atoms with van der Waals surface area (Å²) in [5.41, 5.74) is 6.15. The summed E-state index contributed by atoms with van der Waals surface area (Å²) < 4.78 is 41.2. The van der Waals surface area contributed by atoms with E-state index < -0.39 is 23.5 Å². The van der Waals surface area contributed by atoms with Gasteiger partial charge in [-0.1, -0.05) is 6.92 Å². The fraction of sp³-hybridized carbons (Fsp3) is 0.357. The van der Waals surface area contributed by atoms with Crippen molar-refractivity contribution in [2.24, 2.45) is 5.73 Å². The largest absolute Gasteiger partial charge is 0.335 e. The van der Waals surface area contributed by atoms with Gasteiger partial charge < -0.3 is 10.3 Å². The third-order valence-corrected chi connectivity index (χ3v) is 3.10. The first kappa shape index (κ1) is 14.6. The van der Waals surface area contributed by atoms with Crippen molar-refractivity contribution in [2.75, 3.05) is 0 Å². The molecule has 0 radical (unpaired) electrons. The van der Waals surface area contributed by atoms with Gasteiger partial charge in [-0.05, 0) is 24.1 Å². The molecule has 6 heteroatoms. The van der Waals surface area contributed by atoms with E-state index in [1.165, 1.54) is 0 Å². The summed E-state index contributed by atoms with van der Waals surface area (Å²) in [7, 11) is 0. The third kappa shape index (κ3) is 3.01. The van der Waals surface area contributed by atoms with Crippen LogP contribution in [0.5, 0.6) is 0 Å². The number of nitrogens with two attached hydrogens (primary N) is 1. The summed E-state index contributed by atoms with van der Waals surface area (Å²) in [5, 5.41) is 0. The maximum Gasteiger partial charge on any atom is 0.194 e. The third-order valence-electron chi connectivity index (χ3n) is 3.10. The van der Waals surface area contributed by atoms with Crippen LogP contribution in [-0.2, 0) is 13.0 Å². The molecular weight excluding hydrogens is 267 g/mol. The summed E-state index contributed by atoms with van der Waals surface area (Å²) in [6.07, 6.45) is 4.76. The van der Waals surface area contributed by atoms with E-state index >= 15 is 0 Å². The highest BCUT2D eigenvalue weighted by Crippen LogP contribution is 2.20. The van der Waals surface area contributed by atoms with E-state index in [0.29, 0.717) is 6.42 Å². The van der Waals surface area contributed by atoms with Crippen LogP contribution >= 0.6 is 0 Å². The molecule has 0 saturated heterocycles. The molecule has 1 heterocycles. The Morgan fingerprint density at radius 2 is 1.90 bits per heavy atom. The lowest BCUT2D eigenvalue weighted by Gasteiger charge is -2.14. The van der Waals surface area contributed by atoms with Gasteiger partial charge in [0, 0.05) is 31.4 Å². The number of nitrogens with zero attached hydrogens (tertiary/aromatic N) is 2. The van der Waals surface area contributed by atoms with Gasteiger partial charge in [0.05, 0.1) is 0 Å². The lowest BCUT2D eigenvalue weighted by Crippen LogP contribution is -2.17. The van der Waals surface area contributed by atoms with Gasteiger partial charge in [-0.25, -0.2) is 18.2 Å². The highest BCUT2D eigenvalue weighted by atomic mass is 19.2. The predicted molar refractivity (Wildman–Crippen MR) is 69.5 cm³/mol. The van der Waals surface area contributed by atoms with Crippen molar-refractivity contribution >= 4 is 0 Å². The minimum Gasteiger partial charge on any atom is -0.335 e. The number of imidazole rings is 1. The fourth-order valence-electron chi connectivity index (χ4n) is 2.08. The number of benzene rings is 1. The molecule has 0 saturated carbocycles. The molecule has 0 aliphatic rings. The van der Waals surface area contributed by atoms with Gasteiger partial charge in [0.25, 0.3) is 0 Å². The normalized spacial score (nSPS) is 12.7. The Hall–Kier alpha value is -1.82. The zero-order valence-electron chi connectivity index (χ0n) is 11.1. The van der Waals surface area contributed by atoms with Gasteiger partial charge in [-0.2, -0.15) is 0 Å². The maximum atomic E-state index is 13.2. The van der Waals surface area contributed by atoms with E-state index in [2.05, 4.69) is 4.98 Å². The van der Waals surface area contributed by atoms with E-state index in [-0.39, 0.29) is 5.56 Å². The number of aryl methyl sites for hydroxylation is 1. The number of aromatic nitrogens is 2. The van der Waals surface area contributed by atoms with Gasteiger partial charge in [0.1, 0.15) is 5.82 Å². The number of hydrogen-bond donors (Lipinski definition) is 1. The molecule has 1 unspecified atom stereocenters. The summed E-state index contributed by atoms with van der Waals surface area (Å²) in [6, 6.07) is 1.21. The Kier molecular flexibility index (Phi) is 4.44. The second-order valence-corrected chi connectivity index (χ2v) is 4.65. The second kappa shape index (κ2) is 6.09. The summed E-state index contributed by atoms with van der Waals surface area (Å²) in [4.78, 5) is 4.18. The monoisotopic (exact) mass is 283 g/mol. The van der Waals surface area contributed by atoms with E-state index in [1.54, 1.807) is 6.20 Å². The lowest BCUT2D eigenvalue weighted by molar-refractivity contribution is 0.443. The standard InChI is InChI=1S/C14H16F3N3/c1-2-4-20-5-3-19-13(20)8-12(18)9-6-10(15)14(17)11(16)7-9/h3,5-7,12H,2,4,8,18H2,1H3. The van der Waals surface area contributed by atoms with Crippen molar-refractivity contribution in [3.05, 3.63) is 53.4 Å². The van der Waals surface area contributed by atoms with Crippen molar-refractivity contribution < 1.29 is 13.2 Å². The Morgan fingerprint density at radius 3 is 2.50 bits per heavy atom. The zero-order valence-corrected chi connectivity index (χ0v) is 11.1. The minimum atomic E-state index is -1.48. The van der Waals surface area contributed by atoms with Crippen LogP contribution in [0, 0.1) is 17.5 Å². The van der Waals surface area contributed by atoms with E-state index in [4.69, 9.17) is 5.73 Å². The van der Waals surface area contributed by atoms with Crippen LogP contribution in [0.2, 0.25) is 0 Å². The van der Waals surface area contributed by atoms with E-state index in [9.17, 15) is 13.2 Å². The Labute approximate surface area is 115 Å². The average Bonchev–Trinajstić information content (AvgIpc) is 2.83. The molecule has 2 rings (SSSR count). The average molecular weight is 283 g/mol. The molecule has 1 aromatic carbocycles. The number of halogens is 3. The molecule has 20 heavy (non-hydrogen) atoms. The van der Waals surface area contributed by atoms with Crippen molar-refractivity contribution in [3.8, 4) is 0 Å². The molecule has 0 spiro atoms. The minimum absolute atomic E-state index is 0.215. The second-order valence-electron chi connectivity index (χ2n) is 4.65. The number of rotatable bonds is 5. The SMILES string of the molecule is CCCn1ccnc1CC(N)c1cc(F)c(F)c(F)c1. The van der Waals surface area contributed by atoms with Gasteiger partial charge in [0.15, 0.2) is 17.5 Å². The van der Waals surface area contributed by atoms with Crippen molar-refractivity contribution in [1.29, 1.82) is 0 Å². The Balaban J connectivity index is 2.19. The topological polar surface area (TPSA) is 43.8 Å². The highest BCUT2D eigenvalue weighted by molar-refractivity contribution is 5.23. The Morgan fingerprint density at radius 1 is 1.25 bits per heavy atom. The molecule has 2 N–H and O–H groups in total. The van der Waals surface area contributed by atoms with Gasteiger partial charge in [-0.15, -0.1) is 0 Å². The molecule has 1 atom stereocenters. The first-order valence-electron chi connectivity index (χ1n) is 6.43. The highest BCUT2D eigenvalue weighted by Gasteiger charge is 2.16. The van der Waals surface area contributed by atoms with Crippen LogP contribution in [0.3, 0.4) is 0 Å². The van der Waals surface area contributed by atoms with Gasteiger partial charge >= 0.3 is 0 Å². The smallest absolute Gasteiger partial charge is 0.194 e. The van der Waals surface area contributed by atoms with Crippen LogP contribution in [0.25, 0.3) is 0 Å². The molecule has 0 bridgehead atoms. The van der Waals surface area contributed by atoms with Gasteiger partial charge in [-0.3, -0.25) is 0 Å². The molecule has 3 nitrogen and oxygen atoms in total. The van der Waals surface area contributed by atoms with Crippen LogP contribution in [0.4, 0.5) is 13.2 Å². The van der Waals surface area contributed by atoms with Crippen molar-refractivity contribution in [3.63, 3.8) is 0 Å². The molecule has 108 valence electrons. The van der Waals surface area contributed by atoms with Crippen LogP contribution in [0.15, 0.2) is 24.5 Å². The number of hydrogen-bond acceptors (Lipinski definition) is 2. The quantitative estimate of drug-likeness (QED) is 0.857. The lowest BCUT2D eigenvalue weighted by atomic mass is 10.0. The van der Waals surface area contributed by atoms with E-state index in [0.717, 1.165) is 30.9 Å². The Bertz CT molecular complexity index is 572. The molecule has 1 aromatic heterocycles. The predicted octanol–water partition coefficient (Wildman–Crippen LogP) is 2.95. The molecule has 0 amide bonds. The fourth-order valence-corrected chi connectivity index (χ4v) is 2.08. The van der Waals surface area contributed by atoms with Gasteiger partial charge in [0.2, 0.25) is 0 Å². The molecule has 0 aliphatic carbocycles. The van der Waals surface area contributed by atoms with Crippen LogP contribution < -0.4 is 5.73 Å². The first-order chi connectivity index (χ1) is 9.52. The summed E-state index contributed by atoms with van der Waals surface area (Å²) in [6.45, 7) is 2.84. The zero-order chi connectivity index (χ0) is 14.7. The van der Waals surface area contributed by atoms with E-state index in [1.807, 2.05) is 17.7 Å². The summed E-state index contributed by atoms with van der Waals surface area (Å²) >= 11 is 0. The van der Waals surface area contributed by atoms with Crippen LogP contribution in [-0.4, -0.2) is 9.55 Å². The molecule has 2 aromatic rings. The molecule has 0 aliphatic heterocycles. The van der Waals surface area contributed by atoms with Crippen molar-refractivity contribution in [2.45, 2.75) is 32.4 Å². The first-order valence-corrected chi connectivity index (χ1v) is 6.43. The molecule has 0 fully saturated rings. The summed E-state index contributed by atoms with van der Waals surface area (Å²) in [5.74, 6) is -3.20. The molecular formula is C14H16F3N3. The van der Waals surface area contributed by atoms with Crippen LogP contribution in [0.1, 0.15) is 30.8 Å². The maximum absolute atomic E-state index is 13.2. The van der Waals surface area contributed by atoms with Crippen molar-refractivity contribution in [1.82, 2.24) is 9.55 Å².